The second-order valence-corrected chi connectivity index (χ2v) is 7.11. The molecule has 1 unspecified atom stereocenters. The van der Waals surface area contributed by atoms with Crippen molar-refractivity contribution in [1.82, 2.24) is 4.31 Å². The quantitative estimate of drug-likeness (QED) is 0.798. The lowest BCUT2D eigenvalue weighted by Crippen LogP contribution is -2.34. The summed E-state index contributed by atoms with van der Waals surface area (Å²) in [7, 11) is -3.70. The van der Waals surface area contributed by atoms with Crippen LogP contribution in [0.5, 0.6) is 0 Å². The number of anilines is 1. The van der Waals surface area contributed by atoms with Crippen LogP contribution < -0.4 is 5.73 Å². The minimum atomic E-state index is -3.70. The summed E-state index contributed by atoms with van der Waals surface area (Å²) in [5, 5.41) is 10.1. The smallest absolute Gasteiger partial charge is 0.245 e. The molecule has 100 valence electrons. The number of hydrogen-bond donors (Lipinski definition) is 2. The first-order chi connectivity index (χ1) is 8.22. The average Bonchev–Trinajstić information content (AvgIpc) is 2.63. The van der Waals surface area contributed by atoms with Gasteiger partial charge in [-0.05, 0) is 31.5 Å². The van der Waals surface area contributed by atoms with Gasteiger partial charge in [0.2, 0.25) is 10.0 Å². The van der Waals surface area contributed by atoms with E-state index in [2.05, 4.69) is 0 Å². The summed E-state index contributed by atoms with van der Waals surface area (Å²) in [5.41, 5.74) is 4.86. The zero-order valence-corrected chi connectivity index (χ0v) is 11.5. The van der Waals surface area contributed by atoms with Gasteiger partial charge >= 0.3 is 0 Å². The maximum absolute atomic E-state index is 12.4. The fraction of sp³-hybridized carbons (Fsp3) is 0.455. The van der Waals surface area contributed by atoms with Gasteiger partial charge in [0.05, 0.1) is 11.3 Å². The molecule has 1 aromatic rings. The summed E-state index contributed by atoms with van der Waals surface area (Å²) in [6.07, 6.45) is 0.409. The molecular weight excluding hydrogens is 276 g/mol. The average molecular weight is 291 g/mol. The van der Waals surface area contributed by atoms with Crippen LogP contribution >= 0.6 is 11.6 Å². The van der Waals surface area contributed by atoms with E-state index in [1.54, 1.807) is 6.92 Å². The van der Waals surface area contributed by atoms with Gasteiger partial charge in [-0.3, -0.25) is 0 Å². The first-order valence-electron chi connectivity index (χ1n) is 5.50. The molecule has 1 aromatic carbocycles. The normalized spacial score (nSPS) is 25.5. The molecule has 1 fully saturated rings. The standard InChI is InChI=1S/C11H15ClN2O3S/c1-11(15)4-5-14(7-11)18(16,17)10-6-8(12)2-3-9(10)13/h2-3,6,15H,4-5,7,13H2,1H3. The number of halogens is 1. The molecule has 0 spiro atoms. The first kappa shape index (κ1) is 13.6. The molecule has 3 N–H and O–H groups in total. The molecule has 0 bridgehead atoms. The van der Waals surface area contributed by atoms with Crippen molar-refractivity contribution in [1.29, 1.82) is 0 Å². The SMILES string of the molecule is CC1(O)CCN(S(=O)(=O)c2cc(Cl)ccc2N)C1. The van der Waals surface area contributed by atoms with Gasteiger partial charge in [0.1, 0.15) is 4.90 Å². The van der Waals surface area contributed by atoms with Gasteiger partial charge in [0, 0.05) is 18.1 Å². The van der Waals surface area contributed by atoms with E-state index in [1.807, 2.05) is 0 Å². The van der Waals surface area contributed by atoms with Crippen molar-refractivity contribution in [2.75, 3.05) is 18.8 Å². The molecular formula is C11H15ClN2O3S. The van der Waals surface area contributed by atoms with Crippen molar-refractivity contribution in [2.45, 2.75) is 23.8 Å². The Kier molecular flexibility index (Phi) is 3.31. The topological polar surface area (TPSA) is 83.6 Å². The molecule has 18 heavy (non-hydrogen) atoms. The zero-order chi connectivity index (χ0) is 13.6. The fourth-order valence-corrected chi connectivity index (χ4v) is 3.92. The van der Waals surface area contributed by atoms with Crippen molar-refractivity contribution >= 4 is 27.3 Å². The molecule has 1 atom stereocenters. The van der Waals surface area contributed by atoms with Crippen LogP contribution in [0, 0.1) is 0 Å². The molecule has 5 nitrogen and oxygen atoms in total. The van der Waals surface area contributed by atoms with Crippen LogP contribution in [0.15, 0.2) is 23.1 Å². The van der Waals surface area contributed by atoms with Crippen molar-refractivity contribution < 1.29 is 13.5 Å². The van der Waals surface area contributed by atoms with Crippen molar-refractivity contribution in [3.05, 3.63) is 23.2 Å². The highest BCUT2D eigenvalue weighted by Gasteiger charge is 2.39. The van der Waals surface area contributed by atoms with Crippen LogP contribution in [0.3, 0.4) is 0 Å². The minimum absolute atomic E-state index is 0.00676. The highest BCUT2D eigenvalue weighted by molar-refractivity contribution is 7.89. The lowest BCUT2D eigenvalue weighted by molar-refractivity contribution is 0.0762. The molecule has 0 amide bonds. The molecule has 0 aromatic heterocycles. The highest BCUT2D eigenvalue weighted by Crippen LogP contribution is 2.30. The lowest BCUT2D eigenvalue weighted by atomic mass is 10.1. The monoisotopic (exact) mass is 290 g/mol. The second kappa shape index (κ2) is 4.38. The second-order valence-electron chi connectivity index (χ2n) is 4.77. The minimum Gasteiger partial charge on any atom is -0.398 e. The lowest BCUT2D eigenvalue weighted by Gasteiger charge is -2.19. The maximum Gasteiger partial charge on any atom is 0.245 e. The van der Waals surface area contributed by atoms with Crippen LogP contribution in [0.4, 0.5) is 5.69 Å². The van der Waals surface area contributed by atoms with Gasteiger partial charge < -0.3 is 10.8 Å². The molecule has 1 aliphatic heterocycles. The van der Waals surface area contributed by atoms with E-state index in [1.165, 1.54) is 22.5 Å². The Morgan fingerprint density at radius 1 is 1.50 bits per heavy atom. The summed E-state index contributed by atoms with van der Waals surface area (Å²) in [4.78, 5) is -0.00676. The third-order valence-corrected chi connectivity index (χ3v) is 5.15. The third kappa shape index (κ3) is 2.47. The summed E-state index contributed by atoms with van der Waals surface area (Å²) in [6.45, 7) is 1.96. The molecule has 1 saturated heterocycles. The predicted octanol–water partition coefficient (Wildman–Crippen LogP) is 1.07. The van der Waals surface area contributed by atoms with E-state index >= 15 is 0 Å². The Labute approximate surface area is 111 Å². The number of benzene rings is 1. The van der Waals surface area contributed by atoms with Gasteiger partial charge in [-0.25, -0.2) is 8.42 Å². The molecule has 0 saturated carbocycles. The Balaban J connectivity index is 2.40. The Morgan fingerprint density at radius 2 is 2.17 bits per heavy atom. The predicted molar refractivity (Wildman–Crippen MR) is 69.9 cm³/mol. The van der Waals surface area contributed by atoms with E-state index < -0.39 is 15.6 Å². The van der Waals surface area contributed by atoms with Crippen LogP contribution in [0.1, 0.15) is 13.3 Å². The summed E-state index contributed by atoms with van der Waals surface area (Å²) in [6, 6.07) is 4.33. The van der Waals surface area contributed by atoms with Crippen LogP contribution in [0.25, 0.3) is 0 Å². The highest BCUT2D eigenvalue weighted by atomic mass is 35.5. The zero-order valence-electron chi connectivity index (χ0n) is 9.93. The van der Waals surface area contributed by atoms with E-state index in [0.29, 0.717) is 11.4 Å². The Hall–Kier alpha value is -0.820. The molecule has 0 radical (unpaired) electrons. The third-order valence-electron chi connectivity index (χ3n) is 3.01. The van der Waals surface area contributed by atoms with Crippen LogP contribution in [-0.4, -0.2) is 36.5 Å². The van der Waals surface area contributed by atoms with Crippen molar-refractivity contribution in [2.24, 2.45) is 0 Å². The Bertz CT molecular complexity index is 572. The molecule has 1 aliphatic rings. The summed E-state index contributed by atoms with van der Waals surface area (Å²) >= 11 is 5.80. The number of nitrogens with two attached hydrogens (primary N) is 1. The van der Waals surface area contributed by atoms with E-state index in [4.69, 9.17) is 17.3 Å². The molecule has 0 aliphatic carbocycles. The Morgan fingerprint density at radius 3 is 2.72 bits per heavy atom. The maximum atomic E-state index is 12.4. The van der Waals surface area contributed by atoms with Gasteiger partial charge in [-0.1, -0.05) is 11.6 Å². The number of rotatable bonds is 2. The van der Waals surface area contributed by atoms with Crippen molar-refractivity contribution in [3.8, 4) is 0 Å². The van der Waals surface area contributed by atoms with Gasteiger partial charge in [-0.2, -0.15) is 4.31 Å². The molecule has 2 rings (SSSR count). The van der Waals surface area contributed by atoms with Crippen LogP contribution in [0.2, 0.25) is 5.02 Å². The van der Waals surface area contributed by atoms with E-state index in [9.17, 15) is 13.5 Å². The largest absolute Gasteiger partial charge is 0.398 e. The number of β-amino-alcohol motifs (C(OH)–C–C–N with tert-alkyl or cyclic N) is 1. The fourth-order valence-electron chi connectivity index (χ4n) is 1.98. The van der Waals surface area contributed by atoms with Crippen molar-refractivity contribution in [3.63, 3.8) is 0 Å². The van der Waals surface area contributed by atoms with Gasteiger partial charge in [-0.15, -0.1) is 0 Å². The van der Waals surface area contributed by atoms with E-state index in [0.717, 1.165) is 0 Å². The van der Waals surface area contributed by atoms with Crippen LogP contribution in [-0.2, 0) is 10.0 Å². The number of hydrogen-bond acceptors (Lipinski definition) is 4. The number of aliphatic hydroxyl groups is 1. The van der Waals surface area contributed by atoms with E-state index in [-0.39, 0.29) is 23.7 Å². The molecule has 7 heteroatoms. The number of nitrogen functional groups attached to an aromatic ring is 1. The van der Waals surface area contributed by atoms with Gasteiger partial charge in [0.15, 0.2) is 0 Å². The summed E-state index contributed by atoms with van der Waals surface area (Å²) < 4.78 is 26.0. The molecule has 1 heterocycles. The first-order valence-corrected chi connectivity index (χ1v) is 7.32. The summed E-state index contributed by atoms with van der Waals surface area (Å²) in [5.74, 6) is 0. The number of nitrogens with zero attached hydrogens (tertiary/aromatic N) is 1. The number of sulfonamides is 1. The van der Waals surface area contributed by atoms with Gasteiger partial charge in [0.25, 0.3) is 0 Å².